The Kier molecular flexibility index (Phi) is 7.65. The Labute approximate surface area is 194 Å². The van der Waals surface area contributed by atoms with Crippen LogP contribution in [-0.4, -0.2) is 77.2 Å². The number of hydrogen-bond donors (Lipinski definition) is 2. The van der Waals surface area contributed by atoms with E-state index in [1.54, 1.807) is 0 Å². The maximum absolute atomic E-state index is 13.7. The van der Waals surface area contributed by atoms with Crippen LogP contribution in [0.25, 0.3) is 10.9 Å². The highest BCUT2D eigenvalue weighted by molar-refractivity contribution is 6.07. The predicted octanol–water partition coefficient (Wildman–Crippen LogP) is 3.57. The second kappa shape index (κ2) is 10.0. The van der Waals surface area contributed by atoms with Crippen LogP contribution in [0.1, 0.15) is 23.2 Å². The second-order valence-corrected chi connectivity index (χ2v) is 8.40. The summed E-state index contributed by atoms with van der Waals surface area (Å²) in [6.07, 6.45) is -6.96. The van der Waals surface area contributed by atoms with E-state index >= 15 is 0 Å². The number of carboxylic acids is 1. The first kappa shape index (κ1) is 26.7. The lowest BCUT2D eigenvalue weighted by molar-refractivity contribution is -0.192. The van der Waals surface area contributed by atoms with Crippen LogP contribution < -0.4 is 5.32 Å². The van der Waals surface area contributed by atoms with Crippen LogP contribution in [0.5, 0.6) is 0 Å². The number of nitrogens with one attached hydrogen (secondary N) is 1. The van der Waals surface area contributed by atoms with Crippen molar-refractivity contribution in [3.8, 4) is 0 Å². The van der Waals surface area contributed by atoms with Crippen LogP contribution in [0, 0.1) is 5.82 Å². The van der Waals surface area contributed by atoms with E-state index in [9.17, 15) is 35.5 Å². The van der Waals surface area contributed by atoms with E-state index in [0.29, 0.717) is 26.1 Å². The Bertz CT molecular complexity index is 1070. The summed E-state index contributed by atoms with van der Waals surface area (Å²) in [6, 6.07) is 3.76. The molecule has 0 radical (unpaired) electrons. The zero-order chi connectivity index (χ0) is 26.1. The maximum Gasteiger partial charge on any atom is 0.490 e. The molecule has 2 aromatic rings. The van der Waals surface area contributed by atoms with E-state index in [1.807, 2.05) is 7.05 Å². The van der Waals surface area contributed by atoms with Gasteiger partial charge in [-0.05, 0) is 38.1 Å². The van der Waals surface area contributed by atoms with Crippen molar-refractivity contribution >= 4 is 22.8 Å². The lowest BCUT2D eigenvalue weighted by Gasteiger charge is -2.46. The van der Waals surface area contributed by atoms with Gasteiger partial charge in [0.05, 0.1) is 18.8 Å². The van der Waals surface area contributed by atoms with Gasteiger partial charge in [-0.1, -0.05) is 0 Å². The van der Waals surface area contributed by atoms with Gasteiger partial charge in [-0.15, -0.1) is 0 Å². The van der Waals surface area contributed by atoms with Crippen molar-refractivity contribution < 1.29 is 50.2 Å². The molecule has 0 spiro atoms. The number of halogens is 7. The van der Waals surface area contributed by atoms with Gasteiger partial charge in [0, 0.05) is 35.2 Å². The van der Waals surface area contributed by atoms with Crippen molar-refractivity contribution in [3.05, 3.63) is 35.8 Å². The normalized spacial score (nSPS) is 22.9. The van der Waals surface area contributed by atoms with Gasteiger partial charge in [0.1, 0.15) is 12.4 Å². The molecule has 194 valence electrons. The summed E-state index contributed by atoms with van der Waals surface area (Å²) in [7, 11) is 2.03. The lowest BCUT2D eigenvalue weighted by atomic mass is 9.90. The Hall–Kier alpha value is -2.87. The number of carbonyl (C=O) groups excluding carboxylic acids is 1. The van der Waals surface area contributed by atoms with Gasteiger partial charge in [-0.25, -0.2) is 9.18 Å². The average molecular weight is 513 g/mol. The molecule has 2 atom stereocenters. The van der Waals surface area contributed by atoms with Gasteiger partial charge in [0.25, 0.3) is 5.91 Å². The van der Waals surface area contributed by atoms with E-state index in [2.05, 4.69) is 10.2 Å². The molecule has 0 aliphatic carbocycles. The number of rotatable bonds is 3. The molecule has 0 saturated carbocycles. The second-order valence-electron chi connectivity index (χ2n) is 8.40. The molecule has 7 nitrogen and oxygen atoms in total. The van der Waals surface area contributed by atoms with Crippen molar-refractivity contribution in [2.75, 3.05) is 20.3 Å². The molecule has 2 aliphatic heterocycles. The number of aromatic nitrogens is 1. The van der Waals surface area contributed by atoms with Gasteiger partial charge in [0.15, 0.2) is 0 Å². The van der Waals surface area contributed by atoms with E-state index < -0.39 is 36.6 Å². The number of carbonyl (C=O) groups is 2. The molecule has 2 aliphatic rings. The number of alkyl halides is 6. The van der Waals surface area contributed by atoms with Crippen LogP contribution in [0.3, 0.4) is 0 Å². The summed E-state index contributed by atoms with van der Waals surface area (Å²) < 4.78 is 90.6. The molecule has 2 unspecified atom stereocenters. The monoisotopic (exact) mass is 513 g/mol. The molecular weight excluding hydrogens is 491 g/mol. The minimum atomic E-state index is -5.08. The van der Waals surface area contributed by atoms with Crippen LogP contribution in [0.4, 0.5) is 30.7 Å². The number of piperidine rings is 1. The van der Waals surface area contributed by atoms with Gasteiger partial charge >= 0.3 is 18.3 Å². The highest BCUT2D eigenvalue weighted by Crippen LogP contribution is 2.29. The lowest BCUT2D eigenvalue weighted by Crippen LogP contribution is -2.59. The van der Waals surface area contributed by atoms with E-state index in [0.717, 1.165) is 22.9 Å². The summed E-state index contributed by atoms with van der Waals surface area (Å²) in [4.78, 5) is 24.0. The smallest absolute Gasteiger partial charge is 0.475 e. The number of morpholine rings is 1. The number of carboxylic acid groups (broad SMARTS) is 1. The van der Waals surface area contributed by atoms with E-state index in [-0.39, 0.29) is 34.6 Å². The first-order valence-corrected chi connectivity index (χ1v) is 10.4. The number of hydrogen-bond acceptors (Lipinski definition) is 4. The zero-order valence-electron chi connectivity index (χ0n) is 18.3. The number of amides is 1. The molecule has 2 fully saturated rings. The SMILES string of the molecule is CN1C2COCC1CC(NC(=O)c1cn(CC(F)(F)F)c3ccc(F)cc13)C2.O=C(O)C(F)(F)F. The fourth-order valence-corrected chi connectivity index (χ4v) is 4.25. The van der Waals surface area contributed by atoms with Crippen molar-refractivity contribution in [3.63, 3.8) is 0 Å². The average Bonchev–Trinajstić information content (AvgIpc) is 3.04. The van der Waals surface area contributed by atoms with E-state index in [4.69, 9.17) is 14.6 Å². The third kappa shape index (κ3) is 6.63. The predicted molar refractivity (Wildman–Crippen MR) is 108 cm³/mol. The van der Waals surface area contributed by atoms with Gasteiger partial charge in [0.2, 0.25) is 0 Å². The fourth-order valence-electron chi connectivity index (χ4n) is 4.25. The zero-order valence-corrected chi connectivity index (χ0v) is 18.3. The summed E-state index contributed by atoms with van der Waals surface area (Å²) in [5, 5.41) is 10.2. The summed E-state index contributed by atoms with van der Waals surface area (Å²) in [6.45, 7) is -0.0525. The molecule has 2 bridgehead atoms. The standard InChI is InChI=1S/C19H21F4N3O2.C2HF3O2/c1-25-13-5-12(6-14(25)9-28-8-13)24-18(27)16-7-26(10-19(21,22)23)17-3-2-11(20)4-15(16)17;3-2(4,5)1(6)7/h2-4,7,12-14H,5-6,8-10H2,1H3,(H,24,27);(H,6,7). The topological polar surface area (TPSA) is 83.8 Å². The Balaban J connectivity index is 0.000000429. The van der Waals surface area contributed by atoms with Gasteiger partial charge < -0.3 is 19.7 Å². The molecule has 14 heteroatoms. The molecule has 3 heterocycles. The van der Waals surface area contributed by atoms with Crippen molar-refractivity contribution in [2.24, 2.45) is 0 Å². The summed E-state index contributed by atoms with van der Waals surface area (Å²) in [5.41, 5.74) is 0.233. The number of aliphatic carboxylic acids is 1. The fraction of sp³-hybridized carbons (Fsp3) is 0.524. The van der Waals surface area contributed by atoms with Gasteiger partial charge in [-0.3, -0.25) is 9.69 Å². The van der Waals surface area contributed by atoms with Gasteiger partial charge in [-0.2, -0.15) is 26.3 Å². The highest BCUT2D eigenvalue weighted by Gasteiger charge is 2.39. The Morgan fingerprint density at radius 3 is 2.20 bits per heavy atom. The van der Waals surface area contributed by atoms with Crippen molar-refractivity contribution in [1.29, 1.82) is 0 Å². The molecular formula is C21H22F7N3O4. The van der Waals surface area contributed by atoms with E-state index in [1.165, 1.54) is 6.07 Å². The molecule has 35 heavy (non-hydrogen) atoms. The first-order chi connectivity index (χ1) is 16.2. The molecule has 4 rings (SSSR count). The quantitative estimate of drug-likeness (QED) is 0.614. The summed E-state index contributed by atoms with van der Waals surface area (Å²) >= 11 is 0. The third-order valence-electron chi connectivity index (χ3n) is 5.90. The molecule has 1 aromatic heterocycles. The van der Waals surface area contributed by atoms with Crippen molar-refractivity contribution in [2.45, 2.75) is 49.9 Å². The van der Waals surface area contributed by atoms with Crippen LogP contribution in [0.15, 0.2) is 24.4 Å². The third-order valence-corrected chi connectivity index (χ3v) is 5.90. The van der Waals surface area contributed by atoms with Crippen LogP contribution in [-0.2, 0) is 16.1 Å². The summed E-state index contributed by atoms with van der Waals surface area (Å²) in [5.74, 6) is -3.84. The molecule has 1 amide bonds. The first-order valence-electron chi connectivity index (χ1n) is 10.4. The molecule has 1 aromatic carbocycles. The largest absolute Gasteiger partial charge is 0.490 e. The number of fused-ring (bicyclic) bond motifs is 3. The number of benzene rings is 1. The highest BCUT2D eigenvalue weighted by atomic mass is 19.4. The Morgan fingerprint density at radius 1 is 1.11 bits per heavy atom. The Morgan fingerprint density at radius 2 is 1.69 bits per heavy atom. The molecule has 2 saturated heterocycles. The number of nitrogens with zero attached hydrogens (tertiary/aromatic N) is 2. The number of likely N-dealkylation sites (N-methyl/N-ethyl adjacent to an activating group) is 1. The maximum atomic E-state index is 13.7. The van der Waals surface area contributed by atoms with Crippen LogP contribution in [0.2, 0.25) is 0 Å². The van der Waals surface area contributed by atoms with Crippen LogP contribution >= 0.6 is 0 Å². The molecule has 2 N–H and O–H groups in total. The minimum Gasteiger partial charge on any atom is -0.475 e. The number of ether oxygens (including phenoxy) is 1. The van der Waals surface area contributed by atoms with Crippen molar-refractivity contribution in [1.82, 2.24) is 14.8 Å². The minimum absolute atomic E-state index is 0.0547.